The summed E-state index contributed by atoms with van der Waals surface area (Å²) < 4.78 is 14.0. The highest BCUT2D eigenvalue weighted by Gasteiger charge is 2.34. The Morgan fingerprint density at radius 1 is 0.710 bits per heavy atom. The van der Waals surface area contributed by atoms with E-state index in [0.29, 0.717) is 29.4 Å². The first-order chi connectivity index (χ1) is 14.6. The molecule has 0 bridgehead atoms. The maximum Gasteiger partial charge on any atom is 0.314 e. The average Bonchev–Trinajstić information content (AvgIpc) is 3.58. The van der Waals surface area contributed by atoms with Crippen LogP contribution in [-0.4, -0.2) is 11.9 Å². The molecular formula is C23H20Br4O4. The number of hydrogen-bond donors (Lipinski definition) is 0. The van der Waals surface area contributed by atoms with E-state index >= 15 is 0 Å². The first-order valence-electron chi connectivity index (χ1n) is 10.0. The van der Waals surface area contributed by atoms with Gasteiger partial charge in [0.1, 0.15) is 0 Å². The van der Waals surface area contributed by atoms with Crippen LogP contribution in [0.25, 0.3) is 0 Å². The standard InChI is InChI=1S/C23H20Br4O4/c1-23(2,13-7-15(24)19(16(25)8-13)30-21(28)11-3-4-11)14-9-17(26)20(18(27)10-14)31-22(29)12-5-6-12/h7-12H,3-6H2,1-2H3. The lowest BCUT2D eigenvalue weighted by Gasteiger charge is -2.28. The van der Waals surface area contributed by atoms with Crippen molar-refractivity contribution in [2.24, 2.45) is 11.8 Å². The van der Waals surface area contributed by atoms with Gasteiger partial charge in [-0.3, -0.25) is 9.59 Å². The number of ether oxygens (including phenoxy) is 2. The minimum Gasteiger partial charge on any atom is -0.424 e. The molecule has 0 unspecified atom stereocenters. The van der Waals surface area contributed by atoms with Crippen molar-refractivity contribution < 1.29 is 19.1 Å². The second-order valence-corrected chi connectivity index (χ2v) is 12.0. The minimum absolute atomic E-state index is 0.0251. The summed E-state index contributed by atoms with van der Waals surface area (Å²) in [5.41, 5.74) is 1.67. The SMILES string of the molecule is CC(C)(c1cc(Br)c(OC(=O)C2CC2)c(Br)c1)c1cc(Br)c(OC(=O)C2CC2)c(Br)c1. The zero-order valence-electron chi connectivity index (χ0n) is 16.9. The van der Waals surface area contributed by atoms with Crippen LogP contribution in [0.2, 0.25) is 0 Å². The van der Waals surface area contributed by atoms with Gasteiger partial charge in [0.05, 0.1) is 29.7 Å². The molecule has 2 aromatic rings. The number of carbonyl (C=O) groups is 2. The van der Waals surface area contributed by atoms with Gasteiger partial charge in [-0.05, 0) is 125 Å². The molecule has 0 heterocycles. The molecule has 4 nitrogen and oxygen atoms in total. The van der Waals surface area contributed by atoms with E-state index < -0.39 is 0 Å². The summed E-state index contributed by atoms with van der Waals surface area (Å²) in [6, 6.07) is 7.90. The van der Waals surface area contributed by atoms with E-state index in [9.17, 15) is 9.59 Å². The predicted octanol–water partition coefficient (Wildman–Crippen LogP) is 7.69. The lowest BCUT2D eigenvalue weighted by molar-refractivity contribution is -0.136. The summed E-state index contributed by atoms with van der Waals surface area (Å²) in [6.45, 7) is 4.22. The summed E-state index contributed by atoms with van der Waals surface area (Å²) in [6.07, 6.45) is 3.59. The number of hydrogen-bond acceptors (Lipinski definition) is 4. The minimum atomic E-state index is -0.381. The molecule has 2 fully saturated rings. The van der Waals surface area contributed by atoms with Crippen molar-refractivity contribution in [2.75, 3.05) is 0 Å². The van der Waals surface area contributed by atoms with Crippen LogP contribution in [0.5, 0.6) is 11.5 Å². The third-order valence-electron chi connectivity index (χ3n) is 5.67. The third-order valence-corrected chi connectivity index (χ3v) is 8.02. The van der Waals surface area contributed by atoms with Gasteiger partial charge in [-0.1, -0.05) is 13.8 Å². The lowest BCUT2D eigenvalue weighted by Crippen LogP contribution is -2.20. The van der Waals surface area contributed by atoms with Crippen LogP contribution in [-0.2, 0) is 15.0 Å². The Bertz CT molecular complexity index is 942. The fourth-order valence-electron chi connectivity index (χ4n) is 3.21. The summed E-state index contributed by atoms with van der Waals surface area (Å²) in [7, 11) is 0. The fourth-order valence-corrected chi connectivity index (χ4v) is 5.91. The highest BCUT2D eigenvalue weighted by molar-refractivity contribution is 9.11. The molecule has 2 saturated carbocycles. The van der Waals surface area contributed by atoms with E-state index in [2.05, 4.69) is 77.6 Å². The Labute approximate surface area is 215 Å². The van der Waals surface area contributed by atoms with Crippen molar-refractivity contribution in [2.45, 2.75) is 44.9 Å². The number of benzene rings is 2. The van der Waals surface area contributed by atoms with Crippen molar-refractivity contribution in [1.82, 2.24) is 0 Å². The summed E-state index contributed by atoms with van der Waals surface area (Å²) in [5.74, 6) is 0.687. The molecule has 0 N–H and O–H groups in total. The van der Waals surface area contributed by atoms with E-state index in [4.69, 9.17) is 9.47 Å². The summed E-state index contributed by atoms with van der Waals surface area (Å²) in [5, 5.41) is 0. The van der Waals surface area contributed by atoms with Gasteiger partial charge < -0.3 is 9.47 Å². The van der Waals surface area contributed by atoms with Gasteiger partial charge in [-0.25, -0.2) is 0 Å². The molecule has 164 valence electrons. The lowest BCUT2D eigenvalue weighted by atomic mass is 9.78. The quantitative estimate of drug-likeness (QED) is 0.232. The number of carbonyl (C=O) groups excluding carboxylic acids is 2. The number of rotatable bonds is 6. The normalized spacial score (nSPS) is 16.2. The van der Waals surface area contributed by atoms with Gasteiger partial charge in [0, 0.05) is 5.41 Å². The van der Waals surface area contributed by atoms with Crippen LogP contribution >= 0.6 is 63.7 Å². The largest absolute Gasteiger partial charge is 0.424 e. The smallest absolute Gasteiger partial charge is 0.314 e. The predicted molar refractivity (Wildman–Crippen MR) is 133 cm³/mol. The van der Waals surface area contributed by atoms with Crippen molar-refractivity contribution in [3.8, 4) is 11.5 Å². The Kier molecular flexibility index (Phi) is 6.75. The number of halogens is 4. The van der Waals surface area contributed by atoms with Gasteiger partial charge in [0.2, 0.25) is 0 Å². The summed E-state index contributed by atoms with van der Waals surface area (Å²) >= 11 is 14.3. The van der Waals surface area contributed by atoms with Crippen LogP contribution in [0, 0.1) is 11.8 Å². The molecule has 2 aliphatic carbocycles. The molecule has 0 aromatic heterocycles. The van der Waals surface area contributed by atoms with Crippen molar-refractivity contribution >= 4 is 75.7 Å². The van der Waals surface area contributed by atoms with Gasteiger partial charge in [0.15, 0.2) is 11.5 Å². The Balaban J connectivity index is 1.62. The molecular weight excluding hydrogens is 660 g/mol. The maximum atomic E-state index is 12.1. The molecule has 0 atom stereocenters. The molecule has 2 aromatic carbocycles. The molecule has 0 saturated heterocycles. The Morgan fingerprint density at radius 2 is 1.00 bits per heavy atom. The average molecular weight is 680 g/mol. The monoisotopic (exact) mass is 676 g/mol. The first-order valence-corrected chi connectivity index (χ1v) is 13.2. The highest BCUT2D eigenvalue weighted by Crippen LogP contribution is 2.45. The van der Waals surface area contributed by atoms with E-state index in [1.54, 1.807) is 0 Å². The molecule has 0 aliphatic heterocycles. The second kappa shape index (κ2) is 8.92. The van der Waals surface area contributed by atoms with E-state index in [0.717, 1.165) is 36.8 Å². The molecule has 4 rings (SSSR count). The maximum absolute atomic E-state index is 12.1. The van der Waals surface area contributed by atoms with Crippen LogP contribution in [0.15, 0.2) is 42.2 Å². The van der Waals surface area contributed by atoms with E-state index in [-0.39, 0.29) is 29.2 Å². The third kappa shape index (κ3) is 5.12. The van der Waals surface area contributed by atoms with Gasteiger partial charge in [-0.2, -0.15) is 0 Å². The van der Waals surface area contributed by atoms with Crippen molar-refractivity contribution in [1.29, 1.82) is 0 Å². The molecule has 8 heteroatoms. The van der Waals surface area contributed by atoms with Crippen LogP contribution in [0.4, 0.5) is 0 Å². The van der Waals surface area contributed by atoms with Crippen molar-refractivity contribution in [3.63, 3.8) is 0 Å². The van der Waals surface area contributed by atoms with Gasteiger partial charge >= 0.3 is 11.9 Å². The zero-order valence-corrected chi connectivity index (χ0v) is 23.3. The molecule has 0 spiro atoms. The Hall–Kier alpha value is -0.700. The number of esters is 2. The van der Waals surface area contributed by atoms with Gasteiger partial charge in [-0.15, -0.1) is 0 Å². The van der Waals surface area contributed by atoms with Crippen molar-refractivity contribution in [3.05, 3.63) is 53.3 Å². The van der Waals surface area contributed by atoms with Crippen LogP contribution < -0.4 is 9.47 Å². The fraction of sp³-hybridized carbons (Fsp3) is 0.391. The summed E-state index contributed by atoms with van der Waals surface area (Å²) in [4.78, 5) is 24.2. The van der Waals surface area contributed by atoms with Gasteiger partial charge in [0.25, 0.3) is 0 Å². The van der Waals surface area contributed by atoms with E-state index in [1.807, 2.05) is 24.3 Å². The van der Waals surface area contributed by atoms with Crippen LogP contribution in [0.3, 0.4) is 0 Å². The molecule has 0 amide bonds. The molecule has 31 heavy (non-hydrogen) atoms. The molecule has 2 aliphatic rings. The highest BCUT2D eigenvalue weighted by atomic mass is 79.9. The Morgan fingerprint density at radius 3 is 1.26 bits per heavy atom. The van der Waals surface area contributed by atoms with E-state index in [1.165, 1.54) is 0 Å². The first kappa shape index (κ1) is 23.5. The molecule has 0 radical (unpaired) electrons. The van der Waals surface area contributed by atoms with Crippen LogP contribution in [0.1, 0.15) is 50.7 Å². The zero-order chi connectivity index (χ0) is 22.5. The topological polar surface area (TPSA) is 52.6 Å². The second-order valence-electron chi connectivity index (χ2n) is 8.55.